The van der Waals surface area contributed by atoms with E-state index in [9.17, 15) is 14.4 Å². The number of carbonyl (C=O) groups excluding carboxylic acids is 3. The minimum Gasteiger partial charge on any atom is -0.497 e. The number of aryl methyl sites for hydroxylation is 2. The maximum absolute atomic E-state index is 14.6. The molecule has 0 saturated heterocycles. The number of nitrogens with zero attached hydrogens (tertiary/aromatic N) is 2. The van der Waals surface area contributed by atoms with Gasteiger partial charge in [-0.2, -0.15) is 4.37 Å². The standard InChI is InChI=1S/C36H41N5O4S/c1-23-14-17-28(22-24(23)2)41(36(44)33-30(37)31(40-46-33)34(42)39-27-12-8-5-9-13-27)32(26-15-18-29(45-3)19-16-26)35(43)38-21-20-25-10-6-4-7-11-25/h4,6-7,10-11,14-19,22,27,32H,5,8-9,12-13,20-21,37H2,1-3H3,(H,38,43)(H,39,42). The van der Waals surface area contributed by atoms with E-state index >= 15 is 0 Å². The van der Waals surface area contributed by atoms with Gasteiger partial charge in [0, 0.05) is 18.3 Å². The van der Waals surface area contributed by atoms with Gasteiger partial charge in [0.05, 0.1) is 12.8 Å². The van der Waals surface area contributed by atoms with E-state index in [1.165, 1.54) is 4.90 Å². The summed E-state index contributed by atoms with van der Waals surface area (Å²) in [7, 11) is 1.57. The number of methoxy groups -OCH3 is 1. The quantitative estimate of drug-likeness (QED) is 0.180. The van der Waals surface area contributed by atoms with Crippen LogP contribution in [0.15, 0.2) is 72.8 Å². The third-order valence-electron chi connectivity index (χ3n) is 8.56. The van der Waals surface area contributed by atoms with Crippen molar-refractivity contribution in [2.75, 3.05) is 24.3 Å². The molecule has 46 heavy (non-hydrogen) atoms. The molecular weight excluding hydrogens is 598 g/mol. The largest absolute Gasteiger partial charge is 0.497 e. The molecule has 3 amide bonds. The van der Waals surface area contributed by atoms with E-state index in [4.69, 9.17) is 10.5 Å². The zero-order chi connectivity index (χ0) is 32.6. The van der Waals surface area contributed by atoms with Gasteiger partial charge in [-0.3, -0.25) is 19.3 Å². The predicted molar refractivity (Wildman–Crippen MR) is 182 cm³/mol. The highest BCUT2D eigenvalue weighted by Crippen LogP contribution is 2.35. The van der Waals surface area contributed by atoms with Crippen molar-refractivity contribution >= 4 is 40.6 Å². The Kier molecular flexibility index (Phi) is 10.7. The minimum atomic E-state index is -1.06. The summed E-state index contributed by atoms with van der Waals surface area (Å²) in [5.41, 5.74) is 10.7. The molecule has 1 atom stereocenters. The molecule has 0 aliphatic heterocycles. The molecule has 0 spiro atoms. The van der Waals surface area contributed by atoms with Crippen LogP contribution >= 0.6 is 11.5 Å². The third kappa shape index (κ3) is 7.56. The molecule has 1 fully saturated rings. The lowest BCUT2D eigenvalue weighted by Gasteiger charge is -2.32. The fourth-order valence-corrected chi connectivity index (χ4v) is 6.49. The minimum absolute atomic E-state index is 0.00936. The smallest absolute Gasteiger partial charge is 0.273 e. The van der Waals surface area contributed by atoms with Crippen LogP contribution in [0.25, 0.3) is 0 Å². The highest BCUT2D eigenvalue weighted by atomic mass is 32.1. The Bertz CT molecular complexity index is 1670. The Hall–Kier alpha value is -4.70. The highest BCUT2D eigenvalue weighted by molar-refractivity contribution is 7.09. The molecule has 1 aliphatic carbocycles. The third-order valence-corrected chi connectivity index (χ3v) is 9.41. The number of nitrogens with one attached hydrogen (secondary N) is 2. The lowest BCUT2D eigenvalue weighted by Crippen LogP contribution is -2.44. The van der Waals surface area contributed by atoms with E-state index < -0.39 is 11.9 Å². The number of rotatable bonds is 11. The number of nitrogens with two attached hydrogens (primary N) is 1. The molecule has 1 saturated carbocycles. The number of amides is 3. The second-order valence-corrected chi connectivity index (χ2v) is 12.5. The molecular formula is C36H41N5O4S. The first-order valence-electron chi connectivity index (χ1n) is 15.7. The van der Waals surface area contributed by atoms with E-state index in [-0.39, 0.29) is 34.1 Å². The molecule has 0 radical (unpaired) electrons. The van der Waals surface area contributed by atoms with Crippen molar-refractivity contribution in [2.24, 2.45) is 0 Å². The Labute approximate surface area is 274 Å². The second kappa shape index (κ2) is 15.1. The molecule has 1 aliphatic rings. The van der Waals surface area contributed by atoms with Crippen molar-refractivity contribution in [3.63, 3.8) is 0 Å². The zero-order valence-electron chi connectivity index (χ0n) is 26.5. The van der Waals surface area contributed by atoms with Crippen molar-refractivity contribution in [1.82, 2.24) is 15.0 Å². The molecule has 4 aromatic rings. The SMILES string of the molecule is COc1ccc(C(C(=O)NCCc2ccccc2)N(C(=O)c2snc(C(=O)NC3CCCCC3)c2N)c2ccc(C)c(C)c2)cc1. The van der Waals surface area contributed by atoms with Gasteiger partial charge in [-0.15, -0.1) is 0 Å². The number of anilines is 2. The number of nitrogen functional groups attached to an aromatic ring is 1. The van der Waals surface area contributed by atoms with Crippen LogP contribution in [-0.4, -0.2) is 41.8 Å². The Morgan fingerprint density at radius 1 is 0.978 bits per heavy atom. The van der Waals surface area contributed by atoms with Gasteiger partial charge in [0.2, 0.25) is 5.91 Å². The second-order valence-electron chi connectivity index (χ2n) is 11.7. The summed E-state index contributed by atoms with van der Waals surface area (Å²) in [6, 6.07) is 21.6. The van der Waals surface area contributed by atoms with Crippen LogP contribution in [0.2, 0.25) is 0 Å². The summed E-state index contributed by atoms with van der Waals surface area (Å²) >= 11 is 0.872. The maximum Gasteiger partial charge on any atom is 0.273 e. The van der Waals surface area contributed by atoms with Gasteiger partial charge < -0.3 is 21.1 Å². The van der Waals surface area contributed by atoms with Gasteiger partial charge in [-0.05, 0) is 91.2 Å². The van der Waals surface area contributed by atoms with Crippen LogP contribution < -0.4 is 26.0 Å². The molecule has 240 valence electrons. The molecule has 10 heteroatoms. The van der Waals surface area contributed by atoms with Gasteiger partial charge in [0.1, 0.15) is 16.7 Å². The Morgan fingerprint density at radius 2 is 1.70 bits per heavy atom. The molecule has 0 bridgehead atoms. The summed E-state index contributed by atoms with van der Waals surface area (Å²) in [5, 5.41) is 6.09. The summed E-state index contributed by atoms with van der Waals surface area (Å²) in [4.78, 5) is 43.5. The van der Waals surface area contributed by atoms with E-state index in [1.807, 2.05) is 62.4 Å². The summed E-state index contributed by atoms with van der Waals surface area (Å²) < 4.78 is 9.70. The number of hydrogen-bond donors (Lipinski definition) is 3. The Morgan fingerprint density at radius 3 is 2.37 bits per heavy atom. The predicted octanol–water partition coefficient (Wildman–Crippen LogP) is 6.16. The van der Waals surface area contributed by atoms with E-state index in [2.05, 4.69) is 15.0 Å². The molecule has 4 N–H and O–H groups in total. The van der Waals surface area contributed by atoms with Crippen LogP contribution in [0.5, 0.6) is 5.75 Å². The van der Waals surface area contributed by atoms with Gasteiger partial charge in [0.15, 0.2) is 5.69 Å². The first-order chi connectivity index (χ1) is 22.3. The van der Waals surface area contributed by atoms with E-state index in [1.54, 1.807) is 31.4 Å². The van der Waals surface area contributed by atoms with Crippen LogP contribution in [0.1, 0.15) is 80.6 Å². The first-order valence-corrected chi connectivity index (χ1v) is 16.5. The number of hydrogen-bond acceptors (Lipinski definition) is 7. The number of aromatic nitrogens is 1. The molecule has 1 aromatic heterocycles. The summed E-state index contributed by atoms with van der Waals surface area (Å²) in [5.74, 6) is -0.640. The average Bonchev–Trinajstić information content (AvgIpc) is 3.47. The van der Waals surface area contributed by atoms with Gasteiger partial charge in [-0.25, -0.2) is 0 Å². The van der Waals surface area contributed by atoms with Crippen LogP contribution in [0, 0.1) is 13.8 Å². The highest BCUT2D eigenvalue weighted by Gasteiger charge is 2.36. The van der Waals surface area contributed by atoms with Crippen molar-refractivity contribution in [3.05, 3.63) is 106 Å². The molecule has 3 aromatic carbocycles. The molecule has 1 unspecified atom stereocenters. The first kappa shape index (κ1) is 32.7. The van der Waals surface area contributed by atoms with Gasteiger partial charge in [-0.1, -0.05) is 67.8 Å². The lowest BCUT2D eigenvalue weighted by molar-refractivity contribution is -0.122. The van der Waals surface area contributed by atoms with Crippen LogP contribution in [0.4, 0.5) is 11.4 Å². The number of carbonyl (C=O) groups is 3. The molecule has 1 heterocycles. The van der Waals surface area contributed by atoms with E-state index in [0.29, 0.717) is 30.0 Å². The normalized spacial score (nSPS) is 13.9. The average molecular weight is 640 g/mol. The fourth-order valence-electron chi connectivity index (χ4n) is 5.76. The number of benzene rings is 3. The van der Waals surface area contributed by atoms with E-state index in [0.717, 1.165) is 60.3 Å². The lowest BCUT2D eigenvalue weighted by atomic mass is 9.95. The molecule has 9 nitrogen and oxygen atoms in total. The topological polar surface area (TPSA) is 127 Å². The van der Waals surface area contributed by atoms with Crippen molar-refractivity contribution in [2.45, 2.75) is 64.5 Å². The summed E-state index contributed by atoms with van der Waals surface area (Å²) in [6.45, 7) is 4.32. The van der Waals surface area contributed by atoms with Crippen molar-refractivity contribution in [3.8, 4) is 5.75 Å². The van der Waals surface area contributed by atoms with Gasteiger partial charge in [0.25, 0.3) is 11.8 Å². The number of ether oxygens (including phenoxy) is 1. The van der Waals surface area contributed by atoms with Crippen molar-refractivity contribution in [1.29, 1.82) is 0 Å². The molecule has 5 rings (SSSR count). The Balaban J connectivity index is 1.52. The van der Waals surface area contributed by atoms with Crippen LogP contribution in [-0.2, 0) is 11.2 Å². The summed E-state index contributed by atoms with van der Waals surface area (Å²) in [6.07, 6.45) is 5.73. The zero-order valence-corrected chi connectivity index (χ0v) is 27.4. The fraction of sp³-hybridized carbons (Fsp3) is 0.333. The van der Waals surface area contributed by atoms with Crippen LogP contribution in [0.3, 0.4) is 0 Å². The van der Waals surface area contributed by atoms with Gasteiger partial charge >= 0.3 is 0 Å². The monoisotopic (exact) mass is 639 g/mol. The van der Waals surface area contributed by atoms with Crippen molar-refractivity contribution < 1.29 is 19.1 Å². The maximum atomic E-state index is 14.6.